The van der Waals surface area contributed by atoms with Crippen LogP contribution >= 0.6 is 0 Å². The van der Waals surface area contributed by atoms with E-state index in [9.17, 15) is 21.6 Å². The van der Waals surface area contributed by atoms with Crippen molar-refractivity contribution < 1.29 is 40.4 Å². The Balaban J connectivity index is 1.67. The zero-order valence-electron chi connectivity index (χ0n) is 22.0. The van der Waals surface area contributed by atoms with Crippen LogP contribution in [-0.4, -0.2) is 30.9 Å². The molecule has 0 aliphatic carbocycles. The van der Waals surface area contributed by atoms with Crippen molar-refractivity contribution in [1.29, 1.82) is 0 Å². The molecule has 4 rings (SSSR count). The smallest absolute Gasteiger partial charge is 0.405 e. The van der Waals surface area contributed by atoms with E-state index < -0.39 is 44.7 Å². The summed E-state index contributed by atoms with van der Waals surface area (Å²) in [5.41, 5.74) is 1.78. The van der Waals surface area contributed by atoms with Crippen LogP contribution in [0.2, 0.25) is 0 Å². The molecule has 3 aromatic carbocycles. The van der Waals surface area contributed by atoms with Crippen molar-refractivity contribution >= 4 is 21.0 Å². The molecular formula is C28H30F3O6S2+. The minimum absolute atomic E-state index is 0.0181. The van der Waals surface area contributed by atoms with Gasteiger partial charge in [-0.25, -0.2) is 0 Å². The minimum Gasteiger partial charge on any atom is -0.483 e. The summed E-state index contributed by atoms with van der Waals surface area (Å²) in [6, 6.07) is 22.0. The summed E-state index contributed by atoms with van der Waals surface area (Å²) >= 11 is 0. The molecule has 3 aromatic rings. The van der Waals surface area contributed by atoms with Gasteiger partial charge in [-0.2, -0.15) is 21.6 Å². The summed E-state index contributed by atoms with van der Waals surface area (Å²) in [6.07, 6.45) is -2.12. The number of hydrogen-bond donors (Lipinski definition) is 1. The molecule has 11 heteroatoms. The van der Waals surface area contributed by atoms with Gasteiger partial charge in [0.2, 0.25) is 5.79 Å². The van der Waals surface area contributed by atoms with Crippen molar-refractivity contribution in [1.82, 2.24) is 0 Å². The summed E-state index contributed by atoms with van der Waals surface area (Å²) in [7, 11) is -6.26. The Bertz CT molecular complexity index is 1400. The molecule has 0 saturated carbocycles. The zero-order valence-corrected chi connectivity index (χ0v) is 23.7. The predicted octanol–water partition coefficient (Wildman–Crippen LogP) is 6.80. The van der Waals surface area contributed by atoms with Gasteiger partial charge in [-0.05, 0) is 85.5 Å². The molecule has 1 aliphatic rings. The van der Waals surface area contributed by atoms with Gasteiger partial charge in [0, 0.05) is 5.56 Å². The minimum atomic E-state index is -5.64. The third-order valence-corrected chi connectivity index (χ3v) is 9.65. The molecule has 1 N–H and O–H groups in total. The van der Waals surface area contributed by atoms with Crippen molar-refractivity contribution in [2.45, 2.75) is 78.4 Å². The van der Waals surface area contributed by atoms with E-state index in [1.165, 1.54) is 12.1 Å². The Hall–Kier alpha value is -2.57. The van der Waals surface area contributed by atoms with Crippen LogP contribution in [0.3, 0.4) is 0 Å². The van der Waals surface area contributed by atoms with Gasteiger partial charge in [-0.3, -0.25) is 14.0 Å². The van der Waals surface area contributed by atoms with Gasteiger partial charge >= 0.3 is 21.9 Å². The lowest BCUT2D eigenvalue weighted by Crippen LogP contribution is -2.46. The van der Waals surface area contributed by atoms with Gasteiger partial charge in [0.15, 0.2) is 20.8 Å². The van der Waals surface area contributed by atoms with Crippen molar-refractivity contribution in [3.63, 3.8) is 0 Å². The quantitative estimate of drug-likeness (QED) is 0.232. The van der Waals surface area contributed by atoms with Gasteiger partial charge in [0.1, 0.15) is 5.75 Å². The molecular weight excluding hydrogens is 553 g/mol. The highest BCUT2D eigenvalue weighted by Gasteiger charge is 2.51. The van der Waals surface area contributed by atoms with E-state index in [-0.39, 0.29) is 11.2 Å². The van der Waals surface area contributed by atoms with E-state index in [1.807, 2.05) is 24.3 Å². The summed E-state index contributed by atoms with van der Waals surface area (Å²) in [5.74, 6) is -1.14. The van der Waals surface area contributed by atoms with Gasteiger partial charge in [0.25, 0.3) is 0 Å². The number of halogens is 3. The van der Waals surface area contributed by atoms with Crippen molar-refractivity contribution in [3.8, 4) is 5.75 Å². The molecule has 210 valence electrons. The first-order valence-corrected chi connectivity index (χ1v) is 14.7. The third kappa shape index (κ3) is 6.12. The molecule has 1 heterocycles. The first-order chi connectivity index (χ1) is 18.0. The molecule has 0 bridgehead atoms. The first-order valence-electron chi connectivity index (χ1n) is 12.1. The first kappa shape index (κ1) is 29.4. The number of alkyl halides is 3. The number of ether oxygens (including phenoxy) is 3. The van der Waals surface area contributed by atoms with Gasteiger partial charge in [0.05, 0.1) is 10.9 Å². The average molecular weight is 584 g/mol. The van der Waals surface area contributed by atoms with Gasteiger partial charge in [-0.15, -0.1) is 0 Å². The maximum absolute atomic E-state index is 13.9. The summed E-state index contributed by atoms with van der Waals surface area (Å²) in [5, 5.41) is -4.47. The van der Waals surface area contributed by atoms with Crippen LogP contribution in [0, 0.1) is 0 Å². The van der Waals surface area contributed by atoms with E-state index in [0.29, 0.717) is 5.56 Å². The molecule has 6 nitrogen and oxygen atoms in total. The van der Waals surface area contributed by atoms with E-state index in [2.05, 4.69) is 32.9 Å². The Morgan fingerprint density at radius 1 is 0.897 bits per heavy atom. The second-order valence-corrected chi connectivity index (χ2v) is 13.9. The lowest BCUT2D eigenvalue weighted by molar-refractivity contribution is -0.494. The molecule has 2 unspecified atom stereocenters. The van der Waals surface area contributed by atoms with Crippen LogP contribution < -0.4 is 4.74 Å². The van der Waals surface area contributed by atoms with Crippen LogP contribution in [0.4, 0.5) is 13.2 Å². The van der Waals surface area contributed by atoms with Crippen molar-refractivity contribution in [3.05, 3.63) is 83.9 Å². The number of benzene rings is 3. The summed E-state index contributed by atoms with van der Waals surface area (Å²) in [4.78, 5) is 2.78. The Morgan fingerprint density at radius 3 is 1.74 bits per heavy atom. The number of rotatable bonds is 8. The van der Waals surface area contributed by atoms with Crippen LogP contribution in [0.25, 0.3) is 0 Å². The SMILES string of the molecule is CC(Oc1ccc([S+](c2ccc(C(C)(C)C)cc2)c2ccc(C3(C)OC(F)O3)cc2)cc1)C(F)(F)S(=O)(=O)O. The molecule has 2 atom stereocenters. The van der Waals surface area contributed by atoms with Crippen LogP contribution in [0.15, 0.2) is 87.5 Å². The average Bonchev–Trinajstić information content (AvgIpc) is 2.84. The molecule has 1 fully saturated rings. The van der Waals surface area contributed by atoms with Crippen molar-refractivity contribution in [2.24, 2.45) is 0 Å². The molecule has 1 saturated heterocycles. The maximum atomic E-state index is 13.9. The lowest BCUT2D eigenvalue weighted by Gasteiger charge is -2.40. The Labute approximate surface area is 229 Å². The fourth-order valence-electron chi connectivity index (χ4n) is 4.03. The molecule has 39 heavy (non-hydrogen) atoms. The fraction of sp³-hybridized carbons (Fsp3) is 0.357. The van der Waals surface area contributed by atoms with E-state index in [1.54, 1.807) is 31.2 Å². The summed E-state index contributed by atoms with van der Waals surface area (Å²) in [6.45, 7) is 7.11. The van der Waals surface area contributed by atoms with Gasteiger partial charge < -0.3 is 4.74 Å². The van der Waals surface area contributed by atoms with Crippen LogP contribution in [0.5, 0.6) is 5.75 Å². The Kier molecular flexibility index (Phi) is 7.87. The lowest BCUT2D eigenvalue weighted by atomic mass is 9.87. The second-order valence-electron chi connectivity index (χ2n) is 10.3. The standard InChI is InChI=1S/C28H29F3O6S2/c1-18(28(30,31)39(32,33)34)35-21-10-16-24(17-11-21)38(22-12-6-19(7-13-22)26(2,3)4)23-14-8-20(9-15-23)27(5)36-25(29)37-27/h6-18,25H,1-5H3/p+1. The fourth-order valence-corrected chi connectivity index (χ4v) is 6.54. The summed E-state index contributed by atoms with van der Waals surface area (Å²) < 4.78 is 87.3. The largest absolute Gasteiger partial charge is 0.483 e. The highest BCUT2D eigenvalue weighted by atomic mass is 32.2. The molecule has 1 aliphatic heterocycles. The normalized spacial score (nSPS) is 21.6. The predicted molar refractivity (Wildman–Crippen MR) is 141 cm³/mol. The van der Waals surface area contributed by atoms with Gasteiger partial charge in [-0.1, -0.05) is 32.9 Å². The number of hydrogen-bond acceptors (Lipinski definition) is 5. The highest BCUT2D eigenvalue weighted by Crippen LogP contribution is 2.40. The second kappa shape index (κ2) is 10.4. The molecule has 0 spiro atoms. The van der Waals surface area contributed by atoms with Crippen LogP contribution in [0.1, 0.15) is 45.7 Å². The molecule has 0 radical (unpaired) electrons. The third-order valence-electron chi connectivity index (χ3n) is 6.40. The van der Waals surface area contributed by atoms with E-state index in [0.717, 1.165) is 27.2 Å². The molecule has 0 amide bonds. The van der Waals surface area contributed by atoms with E-state index >= 15 is 0 Å². The van der Waals surface area contributed by atoms with Crippen molar-refractivity contribution in [2.75, 3.05) is 0 Å². The zero-order chi connectivity index (χ0) is 28.8. The monoisotopic (exact) mass is 583 g/mol. The van der Waals surface area contributed by atoms with E-state index in [4.69, 9.17) is 18.8 Å². The maximum Gasteiger partial charge on any atom is 0.405 e. The highest BCUT2D eigenvalue weighted by molar-refractivity contribution is 7.97. The topological polar surface area (TPSA) is 82.1 Å². The molecule has 0 aromatic heterocycles. The van der Waals surface area contributed by atoms with Crippen LogP contribution in [-0.2, 0) is 41.7 Å². The Morgan fingerprint density at radius 2 is 1.33 bits per heavy atom.